The van der Waals surface area contributed by atoms with Gasteiger partial charge in [0.2, 0.25) is 5.91 Å². The Morgan fingerprint density at radius 1 is 0.871 bits per heavy atom. The van der Waals surface area contributed by atoms with Crippen LogP contribution < -0.4 is 15.6 Å². The maximum absolute atomic E-state index is 12.1. The summed E-state index contributed by atoms with van der Waals surface area (Å²) in [5.74, 6) is 39.7. The number of hydrogen-bond acceptors (Lipinski definition) is 2. The predicted octanol–water partition coefficient (Wildman–Crippen LogP) is 0.337. The van der Waals surface area contributed by atoms with Crippen LogP contribution in [0.2, 0.25) is 0 Å². The molecule has 0 aliphatic rings. The Morgan fingerprint density at radius 3 is 1.71 bits per heavy atom. The summed E-state index contributed by atoms with van der Waals surface area (Å²) >= 11 is 0. The summed E-state index contributed by atoms with van der Waals surface area (Å²) in [5, 5.41) is 10.0. The summed E-state index contributed by atoms with van der Waals surface area (Å²) in [4.78, 5) is 12.1. The molecule has 0 spiro atoms. The fourth-order valence-corrected chi connectivity index (χ4v) is 1.57. The summed E-state index contributed by atoms with van der Waals surface area (Å²) in [6.45, 7) is 3.35. The fourth-order valence-electron chi connectivity index (χ4n) is 1.57. The normalized spacial score (nSPS) is 7.81. The molecule has 0 aromatic carbocycles. The largest absolute Gasteiger partial charge is 0.386 e. The van der Waals surface area contributed by atoms with Gasteiger partial charge in [-0.3, -0.25) is 10.5 Å². The molecule has 0 bridgehead atoms. The van der Waals surface area contributed by atoms with Gasteiger partial charge in [-0.2, -0.15) is 0 Å². The van der Waals surface area contributed by atoms with Gasteiger partial charge in [0.05, 0.1) is 18.3 Å². The zero-order chi connectivity index (χ0) is 22.7. The van der Waals surface area contributed by atoms with Crippen molar-refractivity contribution in [3.05, 3.63) is 24.5 Å². The van der Waals surface area contributed by atoms with E-state index in [0.29, 0.717) is 5.69 Å². The van der Waals surface area contributed by atoms with Crippen molar-refractivity contribution in [2.45, 2.75) is 13.8 Å². The zero-order valence-corrected chi connectivity index (χ0v) is 16.8. The van der Waals surface area contributed by atoms with Crippen molar-refractivity contribution in [3.63, 3.8) is 0 Å². The molecule has 1 unspecified atom stereocenters. The van der Waals surface area contributed by atoms with E-state index >= 15 is 0 Å². The molecule has 1 aromatic rings. The summed E-state index contributed by atoms with van der Waals surface area (Å²) in [6, 6.07) is 3.26. The Bertz CT molecular complexity index is 1360. The molecule has 1 rings (SSSR count). The highest BCUT2D eigenvalue weighted by molar-refractivity contribution is 5.94. The van der Waals surface area contributed by atoms with Crippen LogP contribution in [0.5, 0.6) is 0 Å². The van der Waals surface area contributed by atoms with Crippen LogP contribution in [0.25, 0.3) is 0 Å². The lowest BCUT2D eigenvalue weighted by Gasteiger charge is -2.06. The van der Waals surface area contributed by atoms with Crippen molar-refractivity contribution in [3.8, 4) is 94.7 Å². The number of hydrogen-bond donors (Lipinski definition) is 3. The second-order valence-corrected chi connectivity index (χ2v) is 5.23. The van der Waals surface area contributed by atoms with Crippen molar-refractivity contribution in [2.75, 3.05) is 5.32 Å². The molecule has 1 aromatic heterocycles. The van der Waals surface area contributed by atoms with Gasteiger partial charge in [0.15, 0.2) is 0 Å². The van der Waals surface area contributed by atoms with E-state index in [1.165, 1.54) is 4.57 Å². The molecule has 1 amide bonds. The third-order valence-electron chi connectivity index (χ3n) is 2.99. The second-order valence-electron chi connectivity index (χ2n) is 5.23. The molecule has 4 N–H and O–H groups in total. The molecule has 0 aliphatic carbocycles. The zero-order valence-electron chi connectivity index (χ0n) is 16.8. The van der Waals surface area contributed by atoms with Crippen molar-refractivity contribution < 1.29 is 9.36 Å². The van der Waals surface area contributed by atoms with Gasteiger partial charge < -0.3 is 5.32 Å². The highest BCUT2D eigenvalue weighted by Crippen LogP contribution is 2.05. The Kier molecular flexibility index (Phi) is 11.1. The number of amides is 1. The van der Waals surface area contributed by atoms with E-state index in [4.69, 9.17) is 11.1 Å². The lowest BCUT2D eigenvalue weighted by atomic mass is 10.1. The minimum absolute atomic E-state index is 0.119. The van der Waals surface area contributed by atoms with Crippen LogP contribution in [0.4, 0.5) is 5.69 Å². The Labute approximate surface area is 182 Å². The maximum atomic E-state index is 12.1. The predicted molar refractivity (Wildman–Crippen MR) is 120 cm³/mol. The van der Waals surface area contributed by atoms with E-state index in [9.17, 15) is 4.79 Å². The van der Waals surface area contributed by atoms with E-state index in [-0.39, 0.29) is 11.9 Å². The third-order valence-corrected chi connectivity index (χ3v) is 2.99. The summed E-state index contributed by atoms with van der Waals surface area (Å²) < 4.78 is 1.40. The lowest BCUT2D eigenvalue weighted by Crippen LogP contribution is -2.47. The maximum Gasteiger partial charge on any atom is 0.386 e. The molecule has 144 valence electrons. The third kappa shape index (κ3) is 11.1. The van der Waals surface area contributed by atoms with E-state index in [0.717, 1.165) is 0 Å². The van der Waals surface area contributed by atoms with E-state index in [1.807, 2.05) is 0 Å². The average Bonchev–Trinajstić information content (AvgIpc) is 2.76. The van der Waals surface area contributed by atoms with Crippen LogP contribution in [0, 0.1) is 106 Å². The molecule has 31 heavy (non-hydrogen) atoms. The molecule has 0 saturated carbocycles. The molecular formula is C26H15N4O+. The number of pyridine rings is 1. The van der Waals surface area contributed by atoms with Crippen LogP contribution in [0.1, 0.15) is 13.8 Å². The minimum atomic E-state index is -0.572. The van der Waals surface area contributed by atoms with Crippen molar-refractivity contribution in [1.82, 2.24) is 0 Å². The number of rotatable bonds is 2. The standard InChI is InChI=1S/C26H14N4O/c1-3-4-5-6-7-8-9-10-11-12-13-14-15-16-17-18-23(2)25(31)29-24-19-21-30(22-20-24)26(27)28/h19-23H,1-2H3,(H3,27,28)/p+1. The first-order valence-corrected chi connectivity index (χ1v) is 8.63. The monoisotopic (exact) mass is 399 g/mol. The molecule has 1 heterocycles. The number of carbonyl (C=O) groups excluding carboxylic acids is 1. The Balaban J connectivity index is 2.52. The van der Waals surface area contributed by atoms with Gasteiger partial charge in [0.25, 0.3) is 0 Å². The van der Waals surface area contributed by atoms with Gasteiger partial charge in [-0.05, 0) is 109 Å². The van der Waals surface area contributed by atoms with Crippen LogP contribution in [0.15, 0.2) is 24.5 Å². The Hall–Kier alpha value is -5.43. The number of nitrogens with two attached hydrogens (primary N) is 1. The first kappa shape index (κ1) is 23.6. The van der Waals surface area contributed by atoms with Gasteiger partial charge in [0, 0.05) is 5.69 Å². The quantitative estimate of drug-likeness (QED) is 0.290. The van der Waals surface area contributed by atoms with Crippen molar-refractivity contribution in [2.24, 2.45) is 11.7 Å². The Morgan fingerprint density at radius 2 is 1.29 bits per heavy atom. The van der Waals surface area contributed by atoms with E-state index in [1.54, 1.807) is 38.4 Å². The number of nitrogens with one attached hydrogen (secondary N) is 2. The van der Waals surface area contributed by atoms with Crippen LogP contribution in [-0.4, -0.2) is 11.9 Å². The molecule has 0 fully saturated rings. The van der Waals surface area contributed by atoms with Gasteiger partial charge in [-0.1, -0.05) is 11.8 Å². The van der Waals surface area contributed by atoms with Gasteiger partial charge >= 0.3 is 5.96 Å². The van der Waals surface area contributed by atoms with Gasteiger partial charge in [-0.25, -0.2) is 4.57 Å². The molecule has 0 radical (unpaired) electrons. The molecule has 5 heteroatoms. The minimum Gasteiger partial charge on any atom is -0.325 e. The van der Waals surface area contributed by atoms with Crippen molar-refractivity contribution >= 4 is 17.6 Å². The summed E-state index contributed by atoms with van der Waals surface area (Å²) in [6.07, 6.45) is 3.14. The highest BCUT2D eigenvalue weighted by Gasteiger charge is 2.10. The number of nitrogens with zero attached hydrogens (tertiary/aromatic N) is 1. The molecule has 1 atom stereocenters. The topological polar surface area (TPSA) is 82.9 Å². The second kappa shape index (κ2) is 14.6. The average molecular weight is 399 g/mol. The van der Waals surface area contributed by atoms with Crippen LogP contribution in [-0.2, 0) is 4.79 Å². The fraction of sp³-hybridized carbons (Fsp3) is 0.115. The molecule has 0 aliphatic heterocycles. The first-order chi connectivity index (χ1) is 15.0. The lowest BCUT2D eigenvalue weighted by molar-refractivity contribution is -0.558. The summed E-state index contributed by atoms with van der Waals surface area (Å²) in [7, 11) is 0. The van der Waals surface area contributed by atoms with Gasteiger partial charge in [0.1, 0.15) is 0 Å². The molecule has 5 nitrogen and oxygen atoms in total. The number of carbonyl (C=O) groups is 1. The summed E-state index contributed by atoms with van der Waals surface area (Å²) in [5.41, 5.74) is 5.92. The number of aromatic nitrogens is 1. The van der Waals surface area contributed by atoms with Crippen LogP contribution in [0.3, 0.4) is 0 Å². The number of nitrogen functional groups attached to an aromatic ring is 1. The SMILES string of the molecule is CC#CC#CC#CC#CC#CC#CC#CC#CC(C)C(=O)Nc1cc[n+](C(=N)N)cc1. The molecular weight excluding hydrogens is 384 g/mol. The van der Waals surface area contributed by atoms with E-state index in [2.05, 4.69) is 100 Å². The number of anilines is 1. The van der Waals surface area contributed by atoms with Crippen molar-refractivity contribution in [1.29, 1.82) is 5.41 Å². The smallest absolute Gasteiger partial charge is 0.325 e. The first-order valence-electron chi connectivity index (χ1n) is 8.63. The van der Waals surface area contributed by atoms with Crippen LogP contribution >= 0.6 is 0 Å². The van der Waals surface area contributed by atoms with E-state index < -0.39 is 5.92 Å². The molecule has 0 saturated heterocycles. The van der Waals surface area contributed by atoms with Gasteiger partial charge in [-0.15, -0.1) is 5.41 Å². The highest BCUT2D eigenvalue weighted by atomic mass is 16.1.